The van der Waals surface area contributed by atoms with Gasteiger partial charge in [-0.15, -0.1) is 0 Å². The summed E-state index contributed by atoms with van der Waals surface area (Å²) in [6.45, 7) is -0.120. The second-order valence-electron chi connectivity index (χ2n) is 1.43. The van der Waals surface area contributed by atoms with E-state index < -0.39 is 10.3 Å². The molecule has 10 heavy (non-hydrogen) atoms. The third kappa shape index (κ3) is 12.2. The van der Waals surface area contributed by atoms with Gasteiger partial charge in [0.15, 0.2) is 10.3 Å². The second kappa shape index (κ2) is 7.13. The number of hydrogen-bond acceptors (Lipinski definition) is 4. The zero-order chi connectivity index (χ0) is 7.33. The van der Waals surface area contributed by atoms with Crippen LogP contribution in [0.5, 0.6) is 0 Å². The van der Waals surface area contributed by atoms with Gasteiger partial charge < -0.3 is 9.66 Å². The predicted molar refractivity (Wildman–Crippen MR) is 29.4 cm³/mol. The normalized spacial score (nSPS) is 10.6. The molecule has 0 saturated carbocycles. The molecule has 0 bridgehead atoms. The van der Waals surface area contributed by atoms with E-state index >= 15 is 0 Å². The third-order valence-corrected chi connectivity index (χ3v) is 1.17. The van der Waals surface area contributed by atoms with E-state index in [4.69, 9.17) is 5.11 Å². The van der Waals surface area contributed by atoms with Crippen molar-refractivity contribution in [3.8, 4) is 0 Å². The molecule has 56 valence electrons. The van der Waals surface area contributed by atoms with Gasteiger partial charge in [-0.2, -0.15) is 0 Å². The maximum Gasteiger partial charge on any atom is 1.00 e. The first-order chi connectivity index (χ1) is 4.06. The molecule has 7 heteroatoms. The Morgan fingerprint density at radius 3 is 2.30 bits per heavy atom. The Morgan fingerprint density at radius 2 is 2.00 bits per heavy atom. The molecule has 0 spiro atoms. The van der Waals surface area contributed by atoms with E-state index in [2.05, 4.69) is 0 Å². The van der Waals surface area contributed by atoms with Gasteiger partial charge in [-0.25, -0.2) is 13.1 Å². The fraction of sp³-hybridized carbons (Fsp3) is 1.00. The molecule has 0 radical (unpaired) electrons. The number of nitrogens with one attached hydrogen (secondary N) is 1. The van der Waals surface area contributed by atoms with E-state index in [1.54, 1.807) is 4.72 Å². The Labute approximate surface area is 102 Å². The molecule has 0 rings (SSSR count). The SMILES string of the molecule is O=S(=O)([O-])NCCCO.[K+]. The molecule has 2 N–H and O–H groups in total. The molecule has 0 atom stereocenters. The number of aliphatic hydroxyl groups excluding tert-OH is 1. The summed E-state index contributed by atoms with van der Waals surface area (Å²) in [5, 5.41) is 8.13. The molecule has 0 aromatic rings. The Bertz CT molecular complexity index is 156. The van der Waals surface area contributed by atoms with Crippen molar-refractivity contribution in [3.05, 3.63) is 0 Å². The van der Waals surface area contributed by atoms with E-state index in [-0.39, 0.29) is 71.0 Å². The molecule has 0 aromatic carbocycles. The van der Waals surface area contributed by atoms with E-state index in [0.717, 1.165) is 0 Å². The summed E-state index contributed by atoms with van der Waals surface area (Å²) in [4.78, 5) is 0. The fourth-order valence-electron chi connectivity index (χ4n) is 0.276. The molecule has 0 unspecified atom stereocenters. The van der Waals surface area contributed by atoms with Gasteiger partial charge in [-0.3, -0.25) is 0 Å². The molecular formula is C3H8KNO4S. The van der Waals surface area contributed by atoms with Crippen LogP contribution in [-0.2, 0) is 10.3 Å². The minimum absolute atomic E-state index is 0. The molecule has 0 aliphatic heterocycles. The van der Waals surface area contributed by atoms with Crippen molar-refractivity contribution in [1.82, 2.24) is 4.72 Å². The topological polar surface area (TPSA) is 89.5 Å². The summed E-state index contributed by atoms with van der Waals surface area (Å²) >= 11 is 0. The maximum atomic E-state index is 9.76. The smallest absolute Gasteiger partial charge is 0.735 e. The minimum atomic E-state index is -4.31. The van der Waals surface area contributed by atoms with E-state index in [1.807, 2.05) is 0 Å². The van der Waals surface area contributed by atoms with Crippen molar-refractivity contribution in [2.45, 2.75) is 6.42 Å². The van der Waals surface area contributed by atoms with Crippen molar-refractivity contribution in [2.24, 2.45) is 0 Å². The molecule has 0 aliphatic rings. The first kappa shape index (κ1) is 14.0. The van der Waals surface area contributed by atoms with Crippen LogP contribution in [0.25, 0.3) is 0 Å². The van der Waals surface area contributed by atoms with Gasteiger partial charge in [0.05, 0.1) is 0 Å². The van der Waals surface area contributed by atoms with Gasteiger partial charge in [0, 0.05) is 13.2 Å². The molecule has 0 amide bonds. The number of hydrogen-bond donors (Lipinski definition) is 2. The summed E-state index contributed by atoms with van der Waals surface area (Å²) in [5.74, 6) is 0. The quantitative estimate of drug-likeness (QED) is 0.267. The summed E-state index contributed by atoms with van der Waals surface area (Å²) in [5.41, 5.74) is 0. The number of aliphatic hydroxyl groups is 1. The van der Waals surface area contributed by atoms with Crippen LogP contribution in [0.15, 0.2) is 0 Å². The van der Waals surface area contributed by atoms with Crippen LogP contribution >= 0.6 is 0 Å². The van der Waals surface area contributed by atoms with Crippen molar-refractivity contribution in [1.29, 1.82) is 0 Å². The van der Waals surface area contributed by atoms with Crippen LogP contribution in [0, 0.1) is 0 Å². The summed E-state index contributed by atoms with van der Waals surface area (Å²) in [7, 11) is -4.31. The van der Waals surface area contributed by atoms with Crippen molar-refractivity contribution >= 4 is 10.3 Å². The molecular weight excluding hydrogens is 185 g/mol. The van der Waals surface area contributed by atoms with E-state index in [1.165, 1.54) is 0 Å². The molecule has 0 aliphatic carbocycles. The van der Waals surface area contributed by atoms with Crippen LogP contribution in [0.1, 0.15) is 6.42 Å². The summed E-state index contributed by atoms with van der Waals surface area (Å²) < 4.78 is 31.0. The van der Waals surface area contributed by atoms with Gasteiger partial charge >= 0.3 is 51.4 Å². The third-order valence-electron chi connectivity index (χ3n) is 0.614. The van der Waals surface area contributed by atoms with Gasteiger partial charge in [0.25, 0.3) is 0 Å². The van der Waals surface area contributed by atoms with Crippen LogP contribution in [0.3, 0.4) is 0 Å². The maximum absolute atomic E-state index is 9.76. The average Bonchev–Trinajstić information content (AvgIpc) is 1.63. The van der Waals surface area contributed by atoms with E-state index in [9.17, 15) is 13.0 Å². The zero-order valence-corrected chi connectivity index (χ0v) is 9.64. The second-order valence-corrected chi connectivity index (χ2v) is 2.62. The average molecular weight is 193 g/mol. The van der Waals surface area contributed by atoms with Crippen LogP contribution < -0.4 is 56.1 Å². The van der Waals surface area contributed by atoms with Crippen molar-refractivity contribution in [3.63, 3.8) is 0 Å². The summed E-state index contributed by atoms with van der Waals surface area (Å²) in [6, 6.07) is 0. The van der Waals surface area contributed by atoms with Crippen molar-refractivity contribution in [2.75, 3.05) is 13.2 Å². The Morgan fingerprint density at radius 1 is 1.50 bits per heavy atom. The largest absolute Gasteiger partial charge is 1.00 e. The Kier molecular flexibility index (Phi) is 10.00. The van der Waals surface area contributed by atoms with E-state index in [0.29, 0.717) is 0 Å². The monoisotopic (exact) mass is 193 g/mol. The molecule has 5 nitrogen and oxygen atoms in total. The Balaban J connectivity index is 0. The van der Waals surface area contributed by atoms with Crippen LogP contribution in [0.2, 0.25) is 0 Å². The van der Waals surface area contributed by atoms with Gasteiger partial charge in [0.2, 0.25) is 0 Å². The number of rotatable bonds is 4. The van der Waals surface area contributed by atoms with Gasteiger partial charge in [-0.1, -0.05) is 0 Å². The summed E-state index contributed by atoms with van der Waals surface area (Å²) in [6.07, 6.45) is 0.265. The van der Waals surface area contributed by atoms with Crippen molar-refractivity contribution < 1.29 is 69.5 Å². The molecule has 0 aromatic heterocycles. The van der Waals surface area contributed by atoms with Crippen LogP contribution in [-0.4, -0.2) is 31.2 Å². The van der Waals surface area contributed by atoms with Gasteiger partial charge in [0.1, 0.15) is 0 Å². The first-order valence-corrected chi connectivity index (χ1v) is 3.78. The first-order valence-electron chi connectivity index (χ1n) is 2.37. The van der Waals surface area contributed by atoms with Crippen LogP contribution in [0.4, 0.5) is 0 Å². The Hall–Kier alpha value is 1.47. The molecule has 0 heterocycles. The predicted octanol–water partition coefficient (Wildman–Crippen LogP) is -4.58. The molecule has 0 fully saturated rings. The standard InChI is InChI=1S/C3H9NO4S.K/c5-3-1-2-4-9(6,7)8;/h4-5H,1-3H2,(H,6,7,8);/q;+1/p-1. The fourth-order valence-corrected chi connectivity index (χ4v) is 0.671. The zero-order valence-electron chi connectivity index (χ0n) is 5.70. The van der Waals surface area contributed by atoms with Gasteiger partial charge in [-0.05, 0) is 6.42 Å². The molecule has 0 saturated heterocycles. The minimum Gasteiger partial charge on any atom is -0.735 e.